The minimum atomic E-state index is -0.680. The van der Waals surface area contributed by atoms with E-state index in [4.69, 9.17) is 9.47 Å². The molecule has 1 amide bonds. The van der Waals surface area contributed by atoms with Crippen molar-refractivity contribution >= 4 is 33.4 Å². The molecule has 2 heterocycles. The third kappa shape index (κ3) is 4.83. The van der Waals surface area contributed by atoms with Gasteiger partial charge in [-0.05, 0) is 62.0 Å². The predicted octanol–water partition coefficient (Wildman–Crippen LogP) is 4.37. The number of halogens is 1. The van der Waals surface area contributed by atoms with Gasteiger partial charge in [-0.25, -0.2) is 0 Å². The molecule has 0 bridgehead atoms. The zero-order valence-corrected chi connectivity index (χ0v) is 21.0. The monoisotopic (exact) mass is 528 g/mol. The van der Waals surface area contributed by atoms with Gasteiger partial charge in [-0.2, -0.15) is 0 Å². The van der Waals surface area contributed by atoms with E-state index in [0.29, 0.717) is 36.8 Å². The van der Waals surface area contributed by atoms with E-state index < -0.39 is 17.7 Å². The maximum Gasteiger partial charge on any atom is 0.295 e. The molecule has 0 aliphatic carbocycles. The van der Waals surface area contributed by atoms with Crippen molar-refractivity contribution in [3.8, 4) is 11.5 Å². The van der Waals surface area contributed by atoms with E-state index in [2.05, 4.69) is 34.7 Å². The van der Waals surface area contributed by atoms with Crippen LogP contribution in [0.15, 0.2) is 52.5 Å². The molecular weight excluding hydrogens is 500 g/mol. The number of rotatable bonds is 8. The number of aliphatic hydroxyl groups excluding tert-OH is 1. The van der Waals surface area contributed by atoms with E-state index in [0.717, 1.165) is 36.1 Å². The Morgan fingerprint density at radius 2 is 1.82 bits per heavy atom. The van der Waals surface area contributed by atoms with Crippen molar-refractivity contribution in [2.75, 3.05) is 39.4 Å². The highest BCUT2D eigenvalue weighted by Crippen LogP contribution is 2.41. The van der Waals surface area contributed by atoms with Crippen molar-refractivity contribution < 1.29 is 24.2 Å². The van der Waals surface area contributed by atoms with Crippen LogP contribution in [-0.4, -0.2) is 66.0 Å². The van der Waals surface area contributed by atoms with Gasteiger partial charge in [-0.3, -0.25) is 9.59 Å². The number of fused-ring (bicyclic) bond motifs is 1. The van der Waals surface area contributed by atoms with Crippen LogP contribution < -0.4 is 9.47 Å². The number of Topliss-reactive ketones (excluding diaryl/α,β-unsaturated/α-hetero) is 1. The first-order valence-corrected chi connectivity index (χ1v) is 12.4. The minimum absolute atomic E-state index is 0.0858. The van der Waals surface area contributed by atoms with Gasteiger partial charge in [0.25, 0.3) is 11.7 Å². The number of aliphatic hydroxyl groups is 1. The summed E-state index contributed by atoms with van der Waals surface area (Å²) >= 11 is 3.49. The number of nitrogens with zero attached hydrogens (tertiary/aromatic N) is 2. The lowest BCUT2D eigenvalue weighted by atomic mass is 9.95. The summed E-state index contributed by atoms with van der Waals surface area (Å²) in [5, 5.41) is 11.3. The standard InChI is InChI=1S/C26H29BrN2O5/c1-3-28(4-2)11-6-12-29-23(17-7-5-8-19(27)15-17)22(25(31)26(29)32)24(30)18-9-10-20-21(16-18)34-14-13-33-20/h5,7-10,15-16,23,30H,3-4,6,11-14H2,1-2H3/b24-22+. The lowest BCUT2D eigenvalue weighted by molar-refractivity contribution is -0.140. The first-order chi connectivity index (χ1) is 16.4. The topological polar surface area (TPSA) is 79.3 Å². The average molecular weight is 529 g/mol. The fraction of sp³-hybridized carbons (Fsp3) is 0.385. The molecule has 180 valence electrons. The van der Waals surface area contributed by atoms with E-state index in [1.807, 2.05) is 24.3 Å². The fourth-order valence-corrected chi connectivity index (χ4v) is 4.90. The molecule has 2 aliphatic heterocycles. The van der Waals surface area contributed by atoms with Crippen LogP contribution in [-0.2, 0) is 9.59 Å². The highest BCUT2D eigenvalue weighted by molar-refractivity contribution is 9.10. The summed E-state index contributed by atoms with van der Waals surface area (Å²) in [5.41, 5.74) is 1.25. The van der Waals surface area contributed by atoms with Crippen LogP contribution in [0.1, 0.15) is 37.4 Å². The highest BCUT2D eigenvalue weighted by Gasteiger charge is 2.46. The quantitative estimate of drug-likeness (QED) is 0.311. The first kappa shape index (κ1) is 24.3. The maximum atomic E-state index is 13.2. The van der Waals surface area contributed by atoms with Crippen molar-refractivity contribution in [2.24, 2.45) is 0 Å². The van der Waals surface area contributed by atoms with Crippen LogP contribution in [0.5, 0.6) is 11.5 Å². The van der Waals surface area contributed by atoms with E-state index in [9.17, 15) is 14.7 Å². The third-order valence-electron chi connectivity index (χ3n) is 6.29. The number of hydrogen-bond acceptors (Lipinski definition) is 6. The molecule has 1 saturated heterocycles. The summed E-state index contributed by atoms with van der Waals surface area (Å²) in [7, 11) is 0. The Balaban J connectivity index is 1.73. The van der Waals surface area contributed by atoms with Gasteiger partial charge in [0.05, 0.1) is 11.6 Å². The van der Waals surface area contributed by atoms with Gasteiger partial charge >= 0.3 is 0 Å². The Bertz CT molecular complexity index is 1110. The van der Waals surface area contributed by atoms with Gasteiger partial charge in [0.15, 0.2) is 11.5 Å². The third-order valence-corrected chi connectivity index (χ3v) is 6.78. The smallest absolute Gasteiger partial charge is 0.295 e. The highest BCUT2D eigenvalue weighted by atomic mass is 79.9. The second kappa shape index (κ2) is 10.6. The molecule has 0 saturated carbocycles. The Hall–Kier alpha value is -2.84. The zero-order valence-electron chi connectivity index (χ0n) is 19.4. The number of benzene rings is 2. The van der Waals surface area contributed by atoms with Crippen LogP contribution in [0.25, 0.3) is 5.76 Å². The van der Waals surface area contributed by atoms with E-state index in [-0.39, 0.29) is 11.3 Å². The minimum Gasteiger partial charge on any atom is -0.507 e. The average Bonchev–Trinajstić information content (AvgIpc) is 3.11. The van der Waals surface area contributed by atoms with E-state index in [1.54, 1.807) is 23.1 Å². The van der Waals surface area contributed by atoms with Crippen LogP contribution in [0.2, 0.25) is 0 Å². The van der Waals surface area contributed by atoms with Crippen molar-refractivity contribution in [3.05, 3.63) is 63.6 Å². The maximum absolute atomic E-state index is 13.2. The lowest BCUT2D eigenvalue weighted by Gasteiger charge is -2.27. The van der Waals surface area contributed by atoms with Crippen LogP contribution in [0.4, 0.5) is 0 Å². The molecular formula is C26H29BrN2O5. The normalized spacial score (nSPS) is 19.2. The van der Waals surface area contributed by atoms with Gasteiger partial charge in [0, 0.05) is 16.6 Å². The van der Waals surface area contributed by atoms with Crippen molar-refractivity contribution in [2.45, 2.75) is 26.3 Å². The molecule has 0 spiro atoms. The summed E-state index contributed by atoms with van der Waals surface area (Å²) in [6, 6.07) is 11.8. The molecule has 0 radical (unpaired) electrons. The summed E-state index contributed by atoms with van der Waals surface area (Å²) in [5.74, 6) is -0.402. The fourth-order valence-electron chi connectivity index (χ4n) is 4.48. The molecule has 2 aromatic rings. The Kier molecular flexibility index (Phi) is 7.58. The first-order valence-electron chi connectivity index (χ1n) is 11.6. The number of amides is 1. The summed E-state index contributed by atoms with van der Waals surface area (Å²) in [4.78, 5) is 30.2. The summed E-state index contributed by atoms with van der Waals surface area (Å²) in [6.07, 6.45) is 0.725. The predicted molar refractivity (Wildman–Crippen MR) is 133 cm³/mol. The molecule has 1 atom stereocenters. The van der Waals surface area contributed by atoms with Gasteiger partial charge < -0.3 is 24.4 Å². The lowest BCUT2D eigenvalue weighted by Crippen LogP contribution is -2.33. The number of carbonyl (C=O) groups is 2. The van der Waals surface area contributed by atoms with Crippen molar-refractivity contribution in [1.82, 2.24) is 9.80 Å². The number of ether oxygens (including phenoxy) is 2. The largest absolute Gasteiger partial charge is 0.507 e. The molecule has 1 N–H and O–H groups in total. The van der Waals surface area contributed by atoms with Gasteiger partial charge in [-0.1, -0.05) is 41.9 Å². The molecule has 2 aliphatic rings. The number of hydrogen-bond donors (Lipinski definition) is 1. The van der Waals surface area contributed by atoms with Crippen molar-refractivity contribution in [1.29, 1.82) is 0 Å². The van der Waals surface area contributed by atoms with Crippen LogP contribution in [0, 0.1) is 0 Å². The zero-order chi connectivity index (χ0) is 24.2. The Labute approximate surface area is 208 Å². The Morgan fingerprint density at radius 1 is 1.09 bits per heavy atom. The van der Waals surface area contributed by atoms with Gasteiger partial charge in [0.1, 0.15) is 19.0 Å². The molecule has 4 rings (SSSR count). The second-order valence-electron chi connectivity index (χ2n) is 8.29. The molecule has 2 aromatic carbocycles. The second-order valence-corrected chi connectivity index (χ2v) is 9.20. The molecule has 7 nitrogen and oxygen atoms in total. The number of ketones is 1. The Morgan fingerprint density at radius 3 is 2.53 bits per heavy atom. The number of likely N-dealkylation sites (tertiary alicyclic amines) is 1. The summed E-state index contributed by atoms with van der Waals surface area (Å²) in [6.45, 7) is 8.16. The summed E-state index contributed by atoms with van der Waals surface area (Å²) < 4.78 is 12.0. The SMILES string of the molecule is CCN(CC)CCCN1C(=O)C(=O)/C(=C(/O)c2ccc3c(c2)OCCO3)C1c1cccc(Br)c1. The van der Waals surface area contributed by atoms with Crippen molar-refractivity contribution in [3.63, 3.8) is 0 Å². The molecule has 1 unspecified atom stereocenters. The molecule has 34 heavy (non-hydrogen) atoms. The van der Waals surface area contributed by atoms with E-state index >= 15 is 0 Å². The van der Waals surface area contributed by atoms with Gasteiger partial charge in [-0.15, -0.1) is 0 Å². The molecule has 0 aromatic heterocycles. The van der Waals surface area contributed by atoms with Gasteiger partial charge in [0.2, 0.25) is 0 Å². The molecule has 8 heteroatoms. The number of carbonyl (C=O) groups excluding carboxylic acids is 2. The molecule has 1 fully saturated rings. The van der Waals surface area contributed by atoms with E-state index in [1.165, 1.54) is 0 Å². The van der Waals surface area contributed by atoms with Crippen LogP contribution >= 0.6 is 15.9 Å². The van der Waals surface area contributed by atoms with Crippen LogP contribution in [0.3, 0.4) is 0 Å².